The van der Waals surface area contributed by atoms with Gasteiger partial charge in [-0.15, -0.1) is 10.2 Å². The van der Waals surface area contributed by atoms with Crippen LogP contribution in [-0.4, -0.2) is 21.3 Å². The van der Waals surface area contributed by atoms with E-state index in [1.54, 1.807) is 6.33 Å². The van der Waals surface area contributed by atoms with Crippen molar-refractivity contribution in [3.63, 3.8) is 0 Å². The van der Waals surface area contributed by atoms with Gasteiger partial charge in [0.05, 0.1) is 0 Å². The highest BCUT2D eigenvalue weighted by molar-refractivity contribution is 5.44. The molecule has 0 amide bonds. The van der Waals surface area contributed by atoms with Crippen molar-refractivity contribution in [1.29, 1.82) is 0 Å². The van der Waals surface area contributed by atoms with E-state index in [1.165, 1.54) is 5.56 Å². The Hall–Kier alpha value is -2.62. The van der Waals surface area contributed by atoms with Gasteiger partial charge in [-0.3, -0.25) is 4.57 Å². The monoisotopic (exact) mass is 278 g/mol. The molecule has 0 saturated heterocycles. The van der Waals surface area contributed by atoms with Gasteiger partial charge >= 0.3 is 0 Å². The van der Waals surface area contributed by atoms with Crippen molar-refractivity contribution in [3.05, 3.63) is 72.3 Å². The van der Waals surface area contributed by atoms with Gasteiger partial charge in [0.25, 0.3) is 0 Å². The predicted molar refractivity (Wildman–Crippen MR) is 84.7 cm³/mol. The van der Waals surface area contributed by atoms with Crippen molar-refractivity contribution in [3.8, 4) is 5.69 Å². The van der Waals surface area contributed by atoms with Crippen LogP contribution in [0.3, 0.4) is 0 Å². The molecule has 0 aliphatic carbocycles. The summed E-state index contributed by atoms with van der Waals surface area (Å²) in [6.07, 6.45) is 2.58. The second-order valence-electron chi connectivity index (χ2n) is 5.00. The molecule has 0 aliphatic rings. The number of hydrogen-bond acceptors (Lipinski definition) is 3. The van der Waals surface area contributed by atoms with Crippen molar-refractivity contribution >= 4 is 5.69 Å². The zero-order valence-electron chi connectivity index (χ0n) is 12.0. The highest BCUT2D eigenvalue weighted by Gasteiger charge is 2.05. The molecule has 0 atom stereocenters. The molecule has 1 N–H and O–H groups in total. The second-order valence-corrected chi connectivity index (χ2v) is 5.00. The molecule has 106 valence electrons. The van der Waals surface area contributed by atoms with E-state index in [2.05, 4.69) is 58.8 Å². The summed E-state index contributed by atoms with van der Waals surface area (Å²) in [5.41, 5.74) is 3.49. The number of para-hydroxylation sites is 1. The van der Waals surface area contributed by atoms with Gasteiger partial charge in [-0.25, -0.2) is 0 Å². The van der Waals surface area contributed by atoms with Crippen LogP contribution in [0.1, 0.15) is 11.4 Å². The first-order chi connectivity index (χ1) is 10.3. The van der Waals surface area contributed by atoms with Gasteiger partial charge in [0.2, 0.25) is 0 Å². The Bertz CT molecular complexity index is 686. The summed E-state index contributed by atoms with van der Waals surface area (Å²) >= 11 is 0. The van der Waals surface area contributed by atoms with Crippen molar-refractivity contribution < 1.29 is 0 Å². The topological polar surface area (TPSA) is 42.7 Å². The van der Waals surface area contributed by atoms with Crippen LogP contribution in [0.25, 0.3) is 5.69 Å². The van der Waals surface area contributed by atoms with E-state index in [4.69, 9.17) is 0 Å². The van der Waals surface area contributed by atoms with Crippen LogP contribution in [0.4, 0.5) is 5.69 Å². The highest BCUT2D eigenvalue weighted by Crippen LogP contribution is 2.11. The number of anilines is 1. The molecule has 1 aromatic heterocycles. The van der Waals surface area contributed by atoms with Crippen LogP contribution in [0, 0.1) is 6.92 Å². The van der Waals surface area contributed by atoms with E-state index in [0.717, 1.165) is 30.2 Å². The fraction of sp³-hybridized carbons (Fsp3) is 0.176. The average molecular weight is 278 g/mol. The highest BCUT2D eigenvalue weighted by atomic mass is 15.3. The Morgan fingerprint density at radius 1 is 1.00 bits per heavy atom. The van der Waals surface area contributed by atoms with Crippen LogP contribution < -0.4 is 5.32 Å². The Morgan fingerprint density at radius 2 is 1.76 bits per heavy atom. The number of aryl methyl sites for hydroxylation is 1. The largest absolute Gasteiger partial charge is 0.385 e. The van der Waals surface area contributed by atoms with Gasteiger partial charge in [-0.05, 0) is 31.2 Å². The number of nitrogens with zero attached hydrogens (tertiary/aromatic N) is 3. The molecule has 0 fully saturated rings. The Balaban J connectivity index is 1.64. The molecule has 0 spiro atoms. The Labute approximate surface area is 124 Å². The van der Waals surface area contributed by atoms with Crippen molar-refractivity contribution in [2.45, 2.75) is 13.3 Å². The summed E-state index contributed by atoms with van der Waals surface area (Å²) in [4.78, 5) is 0. The smallest absolute Gasteiger partial charge is 0.139 e. The van der Waals surface area contributed by atoms with Gasteiger partial charge in [0.1, 0.15) is 12.2 Å². The van der Waals surface area contributed by atoms with Gasteiger partial charge in [-0.2, -0.15) is 0 Å². The summed E-state index contributed by atoms with van der Waals surface area (Å²) < 4.78 is 2.02. The first kappa shape index (κ1) is 13.4. The van der Waals surface area contributed by atoms with E-state index >= 15 is 0 Å². The van der Waals surface area contributed by atoms with Crippen molar-refractivity contribution in [1.82, 2.24) is 14.8 Å². The lowest BCUT2D eigenvalue weighted by Gasteiger charge is -2.08. The number of aromatic nitrogens is 3. The summed E-state index contributed by atoms with van der Waals surface area (Å²) in [6.45, 7) is 2.92. The van der Waals surface area contributed by atoms with Crippen LogP contribution >= 0.6 is 0 Å². The molecule has 3 aromatic rings. The molecule has 2 aromatic carbocycles. The average Bonchev–Trinajstić information content (AvgIpc) is 2.99. The van der Waals surface area contributed by atoms with E-state index in [0.29, 0.717) is 0 Å². The predicted octanol–water partition coefficient (Wildman–Crippen LogP) is 3.23. The van der Waals surface area contributed by atoms with Crippen LogP contribution in [0.5, 0.6) is 0 Å². The first-order valence-electron chi connectivity index (χ1n) is 7.08. The van der Waals surface area contributed by atoms with Crippen LogP contribution in [-0.2, 0) is 6.42 Å². The SMILES string of the molecule is Cc1ccc(NCCc2nncn2-c2ccccc2)cc1. The fourth-order valence-corrected chi connectivity index (χ4v) is 2.22. The van der Waals surface area contributed by atoms with Crippen LogP contribution in [0.15, 0.2) is 60.9 Å². The van der Waals surface area contributed by atoms with Crippen molar-refractivity contribution in [2.75, 3.05) is 11.9 Å². The van der Waals surface area contributed by atoms with Crippen LogP contribution in [0.2, 0.25) is 0 Å². The number of nitrogens with one attached hydrogen (secondary N) is 1. The molecule has 4 heteroatoms. The number of benzene rings is 2. The normalized spacial score (nSPS) is 10.5. The maximum Gasteiger partial charge on any atom is 0.139 e. The molecule has 3 rings (SSSR count). The van der Waals surface area contributed by atoms with Crippen molar-refractivity contribution in [2.24, 2.45) is 0 Å². The van der Waals surface area contributed by atoms with Gasteiger partial charge in [-0.1, -0.05) is 35.9 Å². The lowest BCUT2D eigenvalue weighted by atomic mass is 10.2. The zero-order valence-corrected chi connectivity index (χ0v) is 12.0. The second kappa shape index (κ2) is 6.22. The molecule has 0 aliphatic heterocycles. The Morgan fingerprint density at radius 3 is 2.52 bits per heavy atom. The van der Waals surface area contributed by atoms with E-state index < -0.39 is 0 Å². The minimum Gasteiger partial charge on any atom is -0.385 e. The summed E-state index contributed by atoms with van der Waals surface area (Å²) in [7, 11) is 0. The fourth-order valence-electron chi connectivity index (χ4n) is 2.22. The lowest BCUT2D eigenvalue weighted by molar-refractivity contribution is 0.850. The first-order valence-corrected chi connectivity index (χ1v) is 7.08. The third kappa shape index (κ3) is 3.28. The van der Waals surface area contributed by atoms with E-state index in [-0.39, 0.29) is 0 Å². The minimum atomic E-state index is 0.822. The lowest BCUT2D eigenvalue weighted by Crippen LogP contribution is -2.09. The summed E-state index contributed by atoms with van der Waals surface area (Å²) in [5, 5.41) is 11.6. The Kier molecular flexibility index (Phi) is 3.96. The maximum atomic E-state index is 4.21. The maximum absolute atomic E-state index is 4.21. The van der Waals surface area contributed by atoms with Gasteiger partial charge in [0.15, 0.2) is 0 Å². The third-order valence-corrected chi connectivity index (χ3v) is 3.38. The van der Waals surface area contributed by atoms with Gasteiger partial charge < -0.3 is 5.32 Å². The summed E-state index contributed by atoms with van der Waals surface area (Å²) in [6, 6.07) is 18.6. The van der Waals surface area contributed by atoms with Gasteiger partial charge in [0, 0.05) is 24.3 Å². The molecule has 0 unspecified atom stereocenters. The zero-order chi connectivity index (χ0) is 14.5. The molecular formula is C17H18N4. The molecule has 21 heavy (non-hydrogen) atoms. The molecule has 0 radical (unpaired) electrons. The minimum absolute atomic E-state index is 0.822. The molecule has 1 heterocycles. The quantitative estimate of drug-likeness (QED) is 0.779. The number of hydrogen-bond donors (Lipinski definition) is 1. The molecule has 4 nitrogen and oxygen atoms in total. The number of rotatable bonds is 5. The van der Waals surface area contributed by atoms with E-state index in [9.17, 15) is 0 Å². The molecular weight excluding hydrogens is 260 g/mol. The molecule has 0 bridgehead atoms. The third-order valence-electron chi connectivity index (χ3n) is 3.38. The van der Waals surface area contributed by atoms with E-state index in [1.807, 2.05) is 22.8 Å². The standard InChI is InChI=1S/C17H18N4/c1-14-7-9-15(10-8-14)18-12-11-17-20-19-13-21(17)16-5-3-2-4-6-16/h2-10,13,18H,11-12H2,1H3. The summed E-state index contributed by atoms with van der Waals surface area (Å²) in [5.74, 6) is 0.959. The molecule has 0 saturated carbocycles.